The Bertz CT molecular complexity index is 734. The predicted octanol–water partition coefficient (Wildman–Crippen LogP) is 1.42. The summed E-state index contributed by atoms with van der Waals surface area (Å²) in [5.74, 6) is 0.329. The van der Waals surface area contributed by atoms with Gasteiger partial charge in [-0.2, -0.15) is 0 Å². The minimum atomic E-state index is -0.245. The summed E-state index contributed by atoms with van der Waals surface area (Å²) < 4.78 is 5.13. The van der Waals surface area contributed by atoms with Crippen LogP contribution in [0.15, 0.2) is 54.6 Å². The Morgan fingerprint density at radius 2 is 1.88 bits per heavy atom. The van der Waals surface area contributed by atoms with Gasteiger partial charge in [0.2, 0.25) is 5.91 Å². The van der Waals surface area contributed by atoms with Crippen LogP contribution in [0.4, 0.5) is 5.69 Å². The SMILES string of the molecule is COc1cccc(NC(=O)CN(C)C(=O)C[NH2+][C@@H](C)c2ccccc2)c1. The zero-order valence-electron chi connectivity index (χ0n) is 15.4. The number of hydrogen-bond donors (Lipinski definition) is 2. The van der Waals surface area contributed by atoms with Crippen molar-refractivity contribution in [3.8, 4) is 5.75 Å². The molecule has 0 aliphatic carbocycles. The minimum Gasteiger partial charge on any atom is -0.497 e. The lowest BCUT2D eigenvalue weighted by Gasteiger charge is -2.17. The van der Waals surface area contributed by atoms with Crippen molar-refractivity contribution in [3.05, 3.63) is 60.2 Å². The highest BCUT2D eigenvalue weighted by Gasteiger charge is 2.17. The van der Waals surface area contributed by atoms with Crippen LogP contribution in [0.5, 0.6) is 5.75 Å². The first-order valence-electron chi connectivity index (χ1n) is 8.55. The summed E-state index contributed by atoms with van der Waals surface area (Å²) in [6.45, 7) is 2.35. The van der Waals surface area contributed by atoms with Gasteiger partial charge in [0.1, 0.15) is 11.8 Å². The van der Waals surface area contributed by atoms with Crippen molar-refractivity contribution in [2.75, 3.05) is 32.6 Å². The van der Waals surface area contributed by atoms with Gasteiger partial charge < -0.3 is 20.3 Å². The van der Waals surface area contributed by atoms with E-state index in [0.717, 1.165) is 0 Å². The molecule has 26 heavy (non-hydrogen) atoms. The van der Waals surface area contributed by atoms with Gasteiger partial charge in [-0.25, -0.2) is 0 Å². The van der Waals surface area contributed by atoms with Gasteiger partial charge in [0.25, 0.3) is 5.91 Å². The van der Waals surface area contributed by atoms with Gasteiger partial charge in [0.15, 0.2) is 6.54 Å². The van der Waals surface area contributed by atoms with E-state index in [9.17, 15) is 9.59 Å². The van der Waals surface area contributed by atoms with E-state index in [4.69, 9.17) is 4.74 Å². The van der Waals surface area contributed by atoms with Crippen LogP contribution in [0, 0.1) is 0 Å². The third-order valence-corrected chi connectivity index (χ3v) is 4.13. The third kappa shape index (κ3) is 5.89. The average Bonchev–Trinajstić information content (AvgIpc) is 2.66. The summed E-state index contributed by atoms with van der Waals surface area (Å²) in [6, 6.07) is 17.3. The van der Waals surface area contributed by atoms with Gasteiger partial charge in [-0.15, -0.1) is 0 Å². The number of likely N-dealkylation sites (N-methyl/N-ethyl adjacent to an activating group) is 1. The standard InChI is InChI=1S/C20H25N3O3/c1-15(16-8-5-4-6-9-16)21-13-20(25)23(2)14-19(24)22-17-10-7-11-18(12-17)26-3/h4-12,15,21H,13-14H2,1-3H3,(H,22,24)/p+1/t15-/m0/s1. The number of nitrogens with one attached hydrogen (secondary N) is 1. The lowest BCUT2D eigenvalue weighted by Crippen LogP contribution is -2.87. The highest BCUT2D eigenvalue weighted by atomic mass is 16.5. The smallest absolute Gasteiger partial charge is 0.277 e. The fraction of sp³-hybridized carbons (Fsp3) is 0.300. The van der Waals surface area contributed by atoms with Gasteiger partial charge in [0.05, 0.1) is 13.7 Å². The molecule has 2 aromatic carbocycles. The predicted molar refractivity (Wildman–Crippen MR) is 101 cm³/mol. The molecule has 0 aliphatic rings. The van der Waals surface area contributed by atoms with Crippen molar-refractivity contribution in [1.82, 2.24) is 4.90 Å². The molecule has 2 rings (SSSR count). The zero-order chi connectivity index (χ0) is 18.9. The Hall–Kier alpha value is -2.86. The maximum absolute atomic E-state index is 12.3. The first-order valence-corrected chi connectivity index (χ1v) is 8.55. The molecule has 1 atom stereocenters. The molecular weight excluding hydrogens is 330 g/mol. The van der Waals surface area contributed by atoms with E-state index >= 15 is 0 Å². The van der Waals surface area contributed by atoms with Crippen LogP contribution in [0.25, 0.3) is 0 Å². The molecule has 0 radical (unpaired) electrons. The van der Waals surface area contributed by atoms with Crippen molar-refractivity contribution in [1.29, 1.82) is 0 Å². The maximum Gasteiger partial charge on any atom is 0.277 e. The number of nitrogens with zero attached hydrogens (tertiary/aromatic N) is 1. The number of nitrogens with two attached hydrogens (primary N) is 1. The average molecular weight is 356 g/mol. The monoisotopic (exact) mass is 356 g/mol. The van der Waals surface area contributed by atoms with E-state index in [-0.39, 0.29) is 24.4 Å². The summed E-state index contributed by atoms with van der Waals surface area (Å²) in [4.78, 5) is 25.8. The second kappa shape index (κ2) is 9.58. The number of quaternary nitrogens is 1. The van der Waals surface area contributed by atoms with Gasteiger partial charge in [-0.05, 0) is 19.1 Å². The van der Waals surface area contributed by atoms with Crippen LogP contribution in [0.2, 0.25) is 0 Å². The van der Waals surface area contributed by atoms with Crippen molar-refractivity contribution >= 4 is 17.5 Å². The van der Waals surface area contributed by atoms with E-state index in [2.05, 4.69) is 12.2 Å². The highest BCUT2D eigenvalue weighted by molar-refractivity contribution is 5.94. The molecule has 0 saturated carbocycles. The lowest BCUT2D eigenvalue weighted by molar-refractivity contribution is -0.683. The van der Waals surface area contributed by atoms with Crippen molar-refractivity contribution in [3.63, 3.8) is 0 Å². The lowest BCUT2D eigenvalue weighted by atomic mass is 10.1. The quantitative estimate of drug-likeness (QED) is 0.751. The van der Waals surface area contributed by atoms with Crippen LogP contribution in [-0.2, 0) is 9.59 Å². The van der Waals surface area contributed by atoms with Crippen LogP contribution >= 0.6 is 0 Å². The number of hydrogen-bond acceptors (Lipinski definition) is 3. The molecule has 0 aliphatic heterocycles. The summed E-state index contributed by atoms with van der Waals surface area (Å²) in [5.41, 5.74) is 1.80. The first-order chi connectivity index (χ1) is 12.5. The van der Waals surface area contributed by atoms with E-state index in [1.165, 1.54) is 10.5 Å². The van der Waals surface area contributed by atoms with Crippen molar-refractivity contribution in [2.45, 2.75) is 13.0 Å². The number of anilines is 1. The molecule has 0 unspecified atom stereocenters. The molecule has 0 heterocycles. The highest BCUT2D eigenvalue weighted by Crippen LogP contribution is 2.16. The normalized spacial score (nSPS) is 11.5. The second-order valence-corrected chi connectivity index (χ2v) is 6.17. The largest absolute Gasteiger partial charge is 0.497 e. The molecule has 138 valence electrons. The van der Waals surface area contributed by atoms with Gasteiger partial charge in [0, 0.05) is 24.4 Å². The molecule has 6 nitrogen and oxygen atoms in total. The van der Waals surface area contributed by atoms with Crippen LogP contribution in [-0.4, -0.2) is 44.0 Å². The van der Waals surface area contributed by atoms with Gasteiger partial charge in [-0.3, -0.25) is 9.59 Å². The fourth-order valence-electron chi connectivity index (χ4n) is 2.53. The Kier molecular flexibility index (Phi) is 7.17. The van der Waals surface area contributed by atoms with E-state index < -0.39 is 0 Å². The first kappa shape index (κ1) is 19.5. The molecule has 3 N–H and O–H groups in total. The van der Waals surface area contributed by atoms with E-state index in [1.54, 1.807) is 38.4 Å². The Balaban J connectivity index is 1.79. The minimum absolute atomic E-state index is 0.00357. The Labute approximate surface area is 154 Å². The number of benzene rings is 2. The molecule has 0 saturated heterocycles. The molecule has 0 spiro atoms. The summed E-state index contributed by atoms with van der Waals surface area (Å²) in [5, 5.41) is 4.74. The number of rotatable bonds is 8. The van der Waals surface area contributed by atoms with Gasteiger partial charge >= 0.3 is 0 Å². The Morgan fingerprint density at radius 1 is 1.15 bits per heavy atom. The number of carbonyl (C=O) groups excluding carboxylic acids is 2. The van der Waals surface area contributed by atoms with Crippen LogP contribution in [0.3, 0.4) is 0 Å². The summed E-state index contributed by atoms with van der Waals surface area (Å²) >= 11 is 0. The van der Waals surface area contributed by atoms with Crippen molar-refractivity contribution < 1.29 is 19.6 Å². The van der Waals surface area contributed by atoms with Crippen LogP contribution < -0.4 is 15.4 Å². The molecule has 2 amide bonds. The van der Waals surface area contributed by atoms with Crippen LogP contribution in [0.1, 0.15) is 18.5 Å². The molecular formula is C20H26N3O3+. The Morgan fingerprint density at radius 3 is 2.58 bits per heavy atom. The van der Waals surface area contributed by atoms with Crippen molar-refractivity contribution in [2.24, 2.45) is 0 Å². The zero-order valence-corrected chi connectivity index (χ0v) is 15.4. The fourth-order valence-corrected chi connectivity index (χ4v) is 2.53. The third-order valence-electron chi connectivity index (χ3n) is 4.13. The molecule has 2 aromatic rings. The van der Waals surface area contributed by atoms with E-state index in [1.807, 2.05) is 35.6 Å². The van der Waals surface area contributed by atoms with E-state index in [0.29, 0.717) is 18.0 Å². The molecule has 0 aromatic heterocycles. The number of ether oxygens (including phenoxy) is 1. The molecule has 0 fully saturated rings. The number of methoxy groups -OCH3 is 1. The molecule has 0 bridgehead atoms. The second-order valence-electron chi connectivity index (χ2n) is 6.17. The molecule has 6 heteroatoms. The number of carbonyl (C=O) groups is 2. The maximum atomic E-state index is 12.3. The summed E-state index contributed by atoms with van der Waals surface area (Å²) in [7, 11) is 3.20. The topological polar surface area (TPSA) is 75.2 Å². The number of amides is 2. The van der Waals surface area contributed by atoms with Gasteiger partial charge in [-0.1, -0.05) is 36.4 Å². The summed E-state index contributed by atoms with van der Waals surface area (Å²) in [6.07, 6.45) is 0.